The SMILES string of the molecule is COC(=O)COCC(N)c1cc(C)c(F)cc1Cl. The molecule has 0 spiro atoms. The van der Waals surface area contributed by atoms with Crippen molar-refractivity contribution in [1.82, 2.24) is 0 Å². The second kappa shape index (κ2) is 6.68. The van der Waals surface area contributed by atoms with Gasteiger partial charge in [0.05, 0.1) is 19.8 Å². The number of rotatable bonds is 5. The molecule has 6 heteroatoms. The third-order valence-corrected chi connectivity index (χ3v) is 2.75. The summed E-state index contributed by atoms with van der Waals surface area (Å²) in [6.07, 6.45) is 0. The van der Waals surface area contributed by atoms with Crippen LogP contribution in [0.15, 0.2) is 12.1 Å². The third kappa shape index (κ3) is 3.94. The molecule has 0 heterocycles. The predicted octanol–water partition coefficient (Wildman–Crippen LogP) is 1.98. The highest BCUT2D eigenvalue weighted by Crippen LogP contribution is 2.25. The Morgan fingerprint density at radius 2 is 2.22 bits per heavy atom. The highest BCUT2D eigenvalue weighted by Gasteiger charge is 2.14. The third-order valence-electron chi connectivity index (χ3n) is 2.42. The van der Waals surface area contributed by atoms with E-state index in [0.29, 0.717) is 11.1 Å². The largest absolute Gasteiger partial charge is 0.467 e. The highest BCUT2D eigenvalue weighted by molar-refractivity contribution is 6.31. The van der Waals surface area contributed by atoms with Crippen LogP contribution in [0.2, 0.25) is 5.02 Å². The van der Waals surface area contributed by atoms with Crippen molar-refractivity contribution < 1.29 is 18.7 Å². The summed E-state index contributed by atoms with van der Waals surface area (Å²) in [5, 5.41) is 0.243. The molecule has 0 bridgehead atoms. The standard InChI is InChI=1S/C12H15ClFNO3/c1-7-3-8(9(13)4-10(7)14)11(15)5-18-6-12(16)17-2/h3-4,11H,5-6,15H2,1-2H3. The van der Waals surface area contributed by atoms with Crippen molar-refractivity contribution in [2.45, 2.75) is 13.0 Å². The topological polar surface area (TPSA) is 61.5 Å². The summed E-state index contributed by atoms with van der Waals surface area (Å²) >= 11 is 5.90. The summed E-state index contributed by atoms with van der Waals surface area (Å²) in [6, 6.07) is 2.26. The molecule has 0 aromatic heterocycles. The fourth-order valence-corrected chi connectivity index (χ4v) is 1.67. The molecule has 100 valence electrons. The molecule has 0 amide bonds. The van der Waals surface area contributed by atoms with Gasteiger partial charge in [-0.15, -0.1) is 0 Å². The Bertz CT molecular complexity index is 440. The quantitative estimate of drug-likeness (QED) is 0.835. The molecule has 0 saturated carbocycles. The van der Waals surface area contributed by atoms with E-state index < -0.39 is 12.0 Å². The molecule has 0 aliphatic carbocycles. The normalized spacial score (nSPS) is 12.3. The van der Waals surface area contributed by atoms with Gasteiger partial charge in [0.2, 0.25) is 0 Å². The number of ether oxygens (including phenoxy) is 2. The molecule has 4 nitrogen and oxygen atoms in total. The lowest BCUT2D eigenvalue weighted by Gasteiger charge is -2.14. The lowest BCUT2D eigenvalue weighted by molar-refractivity contribution is -0.146. The first-order chi connectivity index (χ1) is 8.45. The number of hydrogen-bond donors (Lipinski definition) is 1. The average Bonchev–Trinajstić information content (AvgIpc) is 2.33. The molecule has 0 radical (unpaired) electrons. The fourth-order valence-electron chi connectivity index (χ4n) is 1.38. The van der Waals surface area contributed by atoms with Crippen LogP contribution in [-0.4, -0.2) is 26.3 Å². The Morgan fingerprint density at radius 1 is 1.56 bits per heavy atom. The van der Waals surface area contributed by atoms with Crippen molar-refractivity contribution in [3.63, 3.8) is 0 Å². The smallest absolute Gasteiger partial charge is 0.331 e. The molecule has 18 heavy (non-hydrogen) atoms. The van der Waals surface area contributed by atoms with Crippen LogP contribution < -0.4 is 5.73 Å². The molecule has 0 saturated heterocycles. The zero-order chi connectivity index (χ0) is 13.7. The second-order valence-electron chi connectivity index (χ2n) is 3.82. The Hall–Kier alpha value is -1.17. The van der Waals surface area contributed by atoms with Gasteiger partial charge in [0.25, 0.3) is 0 Å². The molecule has 0 aliphatic heterocycles. The molecule has 2 N–H and O–H groups in total. The van der Waals surface area contributed by atoms with Gasteiger partial charge in [0.15, 0.2) is 0 Å². The van der Waals surface area contributed by atoms with Crippen molar-refractivity contribution in [3.05, 3.63) is 34.1 Å². The van der Waals surface area contributed by atoms with Crippen molar-refractivity contribution in [2.75, 3.05) is 20.3 Å². The number of carbonyl (C=O) groups is 1. The average molecular weight is 276 g/mol. The van der Waals surface area contributed by atoms with Crippen molar-refractivity contribution >= 4 is 17.6 Å². The zero-order valence-electron chi connectivity index (χ0n) is 10.2. The maximum atomic E-state index is 13.2. The lowest BCUT2D eigenvalue weighted by atomic mass is 10.1. The minimum atomic E-state index is -0.526. The van der Waals surface area contributed by atoms with E-state index in [1.807, 2.05) is 0 Å². The van der Waals surface area contributed by atoms with Gasteiger partial charge in [-0.05, 0) is 24.1 Å². The number of hydrogen-bond acceptors (Lipinski definition) is 4. The first-order valence-electron chi connectivity index (χ1n) is 5.31. The maximum Gasteiger partial charge on any atom is 0.331 e. The fraction of sp³-hybridized carbons (Fsp3) is 0.417. The van der Waals surface area contributed by atoms with Gasteiger partial charge in [-0.1, -0.05) is 17.7 Å². The van der Waals surface area contributed by atoms with E-state index >= 15 is 0 Å². The molecule has 1 unspecified atom stereocenters. The Balaban J connectivity index is 2.64. The molecular formula is C12H15ClFNO3. The lowest BCUT2D eigenvalue weighted by Crippen LogP contribution is -2.21. The Labute approximate surface area is 110 Å². The monoisotopic (exact) mass is 275 g/mol. The van der Waals surface area contributed by atoms with Crippen molar-refractivity contribution in [2.24, 2.45) is 5.73 Å². The summed E-state index contributed by atoms with van der Waals surface area (Å²) in [5.41, 5.74) is 6.90. The van der Waals surface area contributed by atoms with Crippen LogP contribution in [0.4, 0.5) is 4.39 Å². The second-order valence-corrected chi connectivity index (χ2v) is 4.23. The minimum absolute atomic E-state index is 0.0971. The van der Waals surface area contributed by atoms with E-state index in [2.05, 4.69) is 4.74 Å². The zero-order valence-corrected chi connectivity index (χ0v) is 11.0. The summed E-state index contributed by atoms with van der Waals surface area (Å²) in [6.45, 7) is 1.54. The summed E-state index contributed by atoms with van der Waals surface area (Å²) in [4.78, 5) is 10.8. The van der Waals surface area contributed by atoms with Crippen LogP contribution in [0.5, 0.6) is 0 Å². The van der Waals surface area contributed by atoms with Crippen molar-refractivity contribution in [3.8, 4) is 0 Å². The number of benzene rings is 1. The van der Waals surface area contributed by atoms with Gasteiger partial charge in [-0.2, -0.15) is 0 Å². The number of esters is 1. The van der Waals surface area contributed by atoms with Crippen molar-refractivity contribution in [1.29, 1.82) is 0 Å². The molecule has 1 rings (SSSR count). The summed E-state index contributed by atoms with van der Waals surface area (Å²) < 4.78 is 22.7. The number of carbonyl (C=O) groups excluding carboxylic acids is 1. The minimum Gasteiger partial charge on any atom is -0.467 e. The van der Waals surface area contributed by atoms with E-state index in [0.717, 1.165) is 0 Å². The summed E-state index contributed by atoms with van der Waals surface area (Å²) in [5.74, 6) is -0.866. The Morgan fingerprint density at radius 3 is 2.83 bits per heavy atom. The maximum absolute atomic E-state index is 13.2. The summed E-state index contributed by atoms with van der Waals surface area (Å²) in [7, 11) is 1.27. The van der Waals surface area contributed by atoms with Gasteiger partial charge in [-0.3, -0.25) is 0 Å². The van der Waals surface area contributed by atoms with E-state index in [9.17, 15) is 9.18 Å². The van der Waals surface area contributed by atoms with Gasteiger partial charge in [0.1, 0.15) is 12.4 Å². The van der Waals surface area contributed by atoms with Crippen LogP contribution in [-0.2, 0) is 14.3 Å². The van der Waals surface area contributed by atoms with E-state index in [1.165, 1.54) is 13.2 Å². The molecule has 1 atom stereocenters. The molecule has 0 fully saturated rings. The first kappa shape index (κ1) is 14.9. The molecule has 1 aromatic carbocycles. The van der Waals surface area contributed by atoms with Gasteiger partial charge in [0, 0.05) is 5.02 Å². The van der Waals surface area contributed by atoms with Gasteiger partial charge in [-0.25, -0.2) is 9.18 Å². The van der Waals surface area contributed by atoms with E-state index in [4.69, 9.17) is 22.1 Å². The number of halogens is 2. The van der Waals surface area contributed by atoms with Crippen LogP contribution in [0, 0.1) is 12.7 Å². The van der Waals surface area contributed by atoms with Crippen LogP contribution in [0.3, 0.4) is 0 Å². The van der Waals surface area contributed by atoms with Gasteiger partial charge >= 0.3 is 5.97 Å². The first-order valence-corrected chi connectivity index (χ1v) is 5.69. The Kier molecular flexibility index (Phi) is 5.53. The number of methoxy groups -OCH3 is 1. The van der Waals surface area contributed by atoms with Gasteiger partial charge < -0.3 is 15.2 Å². The van der Waals surface area contributed by atoms with Crippen LogP contribution in [0.25, 0.3) is 0 Å². The highest BCUT2D eigenvalue weighted by atomic mass is 35.5. The van der Waals surface area contributed by atoms with E-state index in [1.54, 1.807) is 13.0 Å². The predicted molar refractivity (Wildman–Crippen MR) is 65.9 cm³/mol. The molecule has 0 aliphatic rings. The van der Waals surface area contributed by atoms with E-state index in [-0.39, 0.29) is 24.1 Å². The number of nitrogens with two attached hydrogens (primary N) is 1. The van der Waals surface area contributed by atoms with Crippen LogP contribution in [0.1, 0.15) is 17.2 Å². The van der Waals surface area contributed by atoms with Crippen LogP contribution >= 0.6 is 11.6 Å². The molecular weight excluding hydrogens is 261 g/mol. The number of aryl methyl sites for hydroxylation is 1. The molecule has 1 aromatic rings.